The number of imide groups is 1. The van der Waals surface area contributed by atoms with Gasteiger partial charge in [0.1, 0.15) is 0 Å². The molecule has 29 heavy (non-hydrogen) atoms. The van der Waals surface area contributed by atoms with Crippen LogP contribution in [0.2, 0.25) is 0 Å². The largest absolute Gasteiger partial charge is 0.357 e. The van der Waals surface area contributed by atoms with Crippen molar-refractivity contribution >= 4 is 17.9 Å². The van der Waals surface area contributed by atoms with Crippen LogP contribution in [0, 0.1) is 6.92 Å². The van der Waals surface area contributed by atoms with Crippen molar-refractivity contribution in [3.63, 3.8) is 0 Å². The lowest BCUT2D eigenvalue weighted by atomic mass is 10.0. The number of hydrogen-bond acceptors (Lipinski definition) is 4. The first-order valence-corrected chi connectivity index (χ1v) is 10.5. The minimum Gasteiger partial charge on any atom is -0.357 e. The molecule has 2 fully saturated rings. The molecule has 2 saturated heterocycles. The molecule has 0 atom stereocenters. The van der Waals surface area contributed by atoms with Crippen molar-refractivity contribution in [1.29, 1.82) is 0 Å². The van der Waals surface area contributed by atoms with Crippen molar-refractivity contribution in [2.45, 2.75) is 39.3 Å². The summed E-state index contributed by atoms with van der Waals surface area (Å²) in [5.74, 6) is 0.557. The zero-order chi connectivity index (χ0) is 20.6. The molecular formula is C21H32N6O2. The average molecular weight is 401 g/mol. The van der Waals surface area contributed by atoms with Gasteiger partial charge >= 0.3 is 6.03 Å². The van der Waals surface area contributed by atoms with Gasteiger partial charge in [-0.3, -0.25) is 19.6 Å². The molecule has 0 saturated carbocycles. The molecule has 158 valence electrons. The zero-order valence-electron chi connectivity index (χ0n) is 17.4. The smallest absolute Gasteiger partial charge is 0.324 e. The summed E-state index contributed by atoms with van der Waals surface area (Å²) < 4.78 is 0. The lowest BCUT2D eigenvalue weighted by Crippen LogP contribution is -2.48. The SMILES string of the molecule is CCNC(=NCCN1C(=O)CNC1=O)NC1CCN(Cc2ccccc2C)CC1. The molecule has 8 nitrogen and oxygen atoms in total. The summed E-state index contributed by atoms with van der Waals surface area (Å²) in [4.78, 5) is 31.5. The molecule has 8 heteroatoms. The van der Waals surface area contributed by atoms with Crippen LogP contribution >= 0.6 is 0 Å². The maximum absolute atomic E-state index is 11.6. The molecule has 2 aliphatic rings. The Morgan fingerprint density at radius 2 is 2.00 bits per heavy atom. The van der Waals surface area contributed by atoms with Crippen molar-refractivity contribution in [2.75, 3.05) is 39.3 Å². The van der Waals surface area contributed by atoms with E-state index in [0.717, 1.165) is 45.0 Å². The minimum absolute atomic E-state index is 0.0853. The second-order valence-electron chi connectivity index (χ2n) is 7.59. The van der Waals surface area contributed by atoms with Gasteiger partial charge in [0.15, 0.2) is 5.96 Å². The third kappa shape index (κ3) is 5.93. The average Bonchev–Trinajstić information content (AvgIpc) is 3.03. The molecule has 0 aromatic heterocycles. The van der Waals surface area contributed by atoms with Gasteiger partial charge in [0, 0.05) is 32.2 Å². The number of carbonyl (C=O) groups is 2. The Balaban J connectivity index is 1.45. The van der Waals surface area contributed by atoms with Gasteiger partial charge in [-0.1, -0.05) is 24.3 Å². The number of aliphatic imine (C=N–C) groups is 1. The second kappa shape index (κ2) is 10.2. The first-order valence-electron chi connectivity index (χ1n) is 10.5. The third-order valence-corrected chi connectivity index (χ3v) is 5.46. The number of benzene rings is 1. The van der Waals surface area contributed by atoms with E-state index in [1.165, 1.54) is 16.0 Å². The lowest BCUT2D eigenvalue weighted by molar-refractivity contribution is -0.124. The molecule has 1 aromatic rings. The van der Waals surface area contributed by atoms with E-state index in [0.29, 0.717) is 19.1 Å². The highest BCUT2D eigenvalue weighted by Crippen LogP contribution is 2.16. The van der Waals surface area contributed by atoms with Gasteiger partial charge in [0.05, 0.1) is 19.6 Å². The number of guanidine groups is 1. The number of urea groups is 1. The van der Waals surface area contributed by atoms with E-state index in [2.05, 4.69) is 57.0 Å². The molecule has 2 aliphatic heterocycles. The Bertz CT molecular complexity index is 726. The van der Waals surface area contributed by atoms with E-state index >= 15 is 0 Å². The van der Waals surface area contributed by atoms with Crippen LogP contribution in [0.3, 0.4) is 0 Å². The number of likely N-dealkylation sites (tertiary alicyclic amines) is 1. The van der Waals surface area contributed by atoms with E-state index in [1.54, 1.807) is 0 Å². The maximum Gasteiger partial charge on any atom is 0.324 e. The number of nitrogens with one attached hydrogen (secondary N) is 3. The number of amides is 3. The molecule has 0 spiro atoms. The molecule has 0 aliphatic carbocycles. The number of carbonyl (C=O) groups excluding carboxylic acids is 2. The number of hydrogen-bond donors (Lipinski definition) is 3. The molecule has 3 rings (SSSR count). The normalized spacial score (nSPS) is 18.8. The van der Waals surface area contributed by atoms with Gasteiger partial charge in [-0.05, 0) is 37.8 Å². The molecule has 0 radical (unpaired) electrons. The standard InChI is InChI=1S/C21H32N6O2/c1-3-22-20(23-10-13-27-19(28)14-24-21(27)29)25-18-8-11-26(12-9-18)15-17-7-5-4-6-16(17)2/h4-7,18H,3,8-15H2,1-2H3,(H,24,29)(H2,22,23,25). The lowest BCUT2D eigenvalue weighted by Gasteiger charge is -2.33. The van der Waals surface area contributed by atoms with E-state index in [4.69, 9.17) is 0 Å². The van der Waals surface area contributed by atoms with Crippen LogP contribution < -0.4 is 16.0 Å². The summed E-state index contributed by atoms with van der Waals surface area (Å²) in [5, 5.41) is 9.29. The van der Waals surface area contributed by atoms with Crippen LogP contribution in [0.1, 0.15) is 30.9 Å². The quantitative estimate of drug-likeness (QED) is 0.362. The molecule has 0 unspecified atom stereocenters. The van der Waals surface area contributed by atoms with Gasteiger partial charge in [0.2, 0.25) is 5.91 Å². The van der Waals surface area contributed by atoms with E-state index in [-0.39, 0.29) is 18.5 Å². The molecule has 3 amide bonds. The maximum atomic E-state index is 11.6. The summed E-state index contributed by atoms with van der Waals surface area (Å²) in [5.41, 5.74) is 2.74. The van der Waals surface area contributed by atoms with Crippen LogP contribution in [0.5, 0.6) is 0 Å². The first-order chi connectivity index (χ1) is 14.1. The fourth-order valence-electron chi connectivity index (χ4n) is 3.72. The van der Waals surface area contributed by atoms with Crippen molar-refractivity contribution in [3.05, 3.63) is 35.4 Å². The summed E-state index contributed by atoms with van der Waals surface area (Å²) in [6, 6.07) is 8.61. The summed E-state index contributed by atoms with van der Waals surface area (Å²) in [6.07, 6.45) is 2.12. The fourth-order valence-corrected chi connectivity index (χ4v) is 3.72. The summed E-state index contributed by atoms with van der Waals surface area (Å²) >= 11 is 0. The number of rotatable bonds is 7. The number of aryl methyl sites for hydroxylation is 1. The number of piperidine rings is 1. The van der Waals surface area contributed by atoms with Gasteiger partial charge in [-0.25, -0.2) is 4.79 Å². The van der Waals surface area contributed by atoms with Crippen LogP contribution in [0.25, 0.3) is 0 Å². The summed E-state index contributed by atoms with van der Waals surface area (Å²) in [7, 11) is 0. The van der Waals surface area contributed by atoms with Gasteiger partial charge in [0.25, 0.3) is 0 Å². The van der Waals surface area contributed by atoms with Crippen LogP contribution in [-0.2, 0) is 11.3 Å². The Kier molecular flexibility index (Phi) is 7.46. The van der Waals surface area contributed by atoms with Gasteiger partial charge in [-0.2, -0.15) is 0 Å². The van der Waals surface area contributed by atoms with Crippen molar-refractivity contribution in [2.24, 2.45) is 4.99 Å². The van der Waals surface area contributed by atoms with Gasteiger partial charge in [-0.15, -0.1) is 0 Å². The topological polar surface area (TPSA) is 89.1 Å². The van der Waals surface area contributed by atoms with Crippen molar-refractivity contribution < 1.29 is 9.59 Å². The molecule has 2 heterocycles. The highest BCUT2D eigenvalue weighted by molar-refractivity contribution is 6.01. The van der Waals surface area contributed by atoms with E-state index in [1.807, 2.05) is 6.92 Å². The van der Waals surface area contributed by atoms with Crippen LogP contribution in [0.4, 0.5) is 4.79 Å². The molecule has 3 N–H and O–H groups in total. The number of nitrogens with zero attached hydrogens (tertiary/aromatic N) is 3. The van der Waals surface area contributed by atoms with Crippen molar-refractivity contribution in [1.82, 2.24) is 25.8 Å². The monoisotopic (exact) mass is 400 g/mol. The fraction of sp³-hybridized carbons (Fsp3) is 0.571. The van der Waals surface area contributed by atoms with E-state index < -0.39 is 0 Å². The van der Waals surface area contributed by atoms with Crippen molar-refractivity contribution in [3.8, 4) is 0 Å². The minimum atomic E-state index is -0.329. The van der Waals surface area contributed by atoms with Crippen LogP contribution in [0.15, 0.2) is 29.3 Å². The van der Waals surface area contributed by atoms with E-state index in [9.17, 15) is 9.59 Å². The third-order valence-electron chi connectivity index (χ3n) is 5.46. The predicted octanol–water partition coefficient (Wildman–Crippen LogP) is 1.07. The van der Waals surface area contributed by atoms with Gasteiger partial charge < -0.3 is 16.0 Å². The summed E-state index contributed by atoms with van der Waals surface area (Å²) in [6.45, 7) is 8.84. The Hall–Kier alpha value is -2.61. The van der Waals surface area contributed by atoms with Crippen LogP contribution in [-0.4, -0.2) is 73.0 Å². The molecule has 1 aromatic carbocycles. The Labute approximate surface area is 172 Å². The predicted molar refractivity (Wildman–Crippen MR) is 114 cm³/mol. The highest BCUT2D eigenvalue weighted by atomic mass is 16.2. The molecule has 0 bridgehead atoms. The first kappa shape index (κ1) is 21.1. The second-order valence-corrected chi connectivity index (χ2v) is 7.59. The highest BCUT2D eigenvalue weighted by Gasteiger charge is 2.27. The zero-order valence-corrected chi connectivity index (χ0v) is 17.4. The molecular weight excluding hydrogens is 368 g/mol. The Morgan fingerprint density at radius 3 is 2.66 bits per heavy atom. The Morgan fingerprint density at radius 1 is 1.24 bits per heavy atom.